The molecule has 0 bridgehead atoms. The molecule has 0 aliphatic rings. The fourth-order valence-corrected chi connectivity index (χ4v) is 3.49. The summed E-state index contributed by atoms with van der Waals surface area (Å²) in [5.74, 6) is -1.61. The number of benzene rings is 3. The van der Waals surface area contributed by atoms with Crippen LogP contribution in [0.15, 0.2) is 59.0 Å². The van der Waals surface area contributed by atoms with E-state index in [1.807, 2.05) is 30.3 Å². The highest BCUT2D eigenvalue weighted by Crippen LogP contribution is 2.34. The Morgan fingerprint density at radius 1 is 1.10 bits per heavy atom. The molecule has 8 heteroatoms. The predicted molar refractivity (Wildman–Crippen MR) is 106 cm³/mol. The average Bonchev–Trinajstić information content (AvgIpc) is 3.11. The smallest absolute Gasteiger partial charge is 0.436 e. The summed E-state index contributed by atoms with van der Waals surface area (Å²) in [5, 5.41) is 2.27. The molecule has 1 aromatic heterocycles. The SMILES string of the molecule is CCN(C(=O)C(F)(F)F)c1ccc2oc(-c3cccc4c(Cl)cccc34)nc2c1. The van der Waals surface area contributed by atoms with Crippen LogP contribution < -0.4 is 4.90 Å². The van der Waals surface area contributed by atoms with E-state index >= 15 is 0 Å². The lowest BCUT2D eigenvalue weighted by Crippen LogP contribution is -2.41. The highest BCUT2D eigenvalue weighted by Gasteiger charge is 2.42. The molecule has 0 aliphatic heterocycles. The summed E-state index contributed by atoms with van der Waals surface area (Å²) in [6.45, 7) is 1.35. The van der Waals surface area contributed by atoms with Gasteiger partial charge in [-0.05, 0) is 42.6 Å². The molecule has 0 unspecified atom stereocenters. The summed E-state index contributed by atoms with van der Waals surface area (Å²) in [6.07, 6.45) is -4.96. The van der Waals surface area contributed by atoms with Crippen LogP contribution in [0.1, 0.15) is 6.92 Å². The molecule has 0 fully saturated rings. The Morgan fingerprint density at radius 3 is 2.55 bits per heavy atom. The monoisotopic (exact) mass is 418 g/mol. The molecule has 29 heavy (non-hydrogen) atoms. The van der Waals surface area contributed by atoms with Crippen molar-refractivity contribution in [2.75, 3.05) is 11.4 Å². The number of halogens is 4. The lowest BCUT2D eigenvalue weighted by Gasteiger charge is -2.21. The lowest BCUT2D eigenvalue weighted by atomic mass is 10.0. The Hall–Kier alpha value is -3.06. The van der Waals surface area contributed by atoms with Gasteiger partial charge in [-0.2, -0.15) is 13.2 Å². The van der Waals surface area contributed by atoms with Crippen LogP contribution in [0.4, 0.5) is 18.9 Å². The Labute approximate surface area is 168 Å². The molecule has 3 aromatic carbocycles. The van der Waals surface area contributed by atoms with E-state index in [9.17, 15) is 18.0 Å². The van der Waals surface area contributed by atoms with Crippen molar-refractivity contribution in [3.63, 3.8) is 0 Å². The van der Waals surface area contributed by atoms with Gasteiger partial charge in [-0.1, -0.05) is 35.9 Å². The third-order valence-corrected chi connectivity index (χ3v) is 4.92. The third kappa shape index (κ3) is 3.42. The van der Waals surface area contributed by atoms with Gasteiger partial charge in [-0.25, -0.2) is 4.98 Å². The van der Waals surface area contributed by atoms with Gasteiger partial charge in [0, 0.05) is 28.2 Å². The largest absolute Gasteiger partial charge is 0.471 e. The van der Waals surface area contributed by atoms with Crippen molar-refractivity contribution >= 4 is 45.1 Å². The van der Waals surface area contributed by atoms with Gasteiger partial charge in [0.25, 0.3) is 0 Å². The highest BCUT2D eigenvalue weighted by atomic mass is 35.5. The van der Waals surface area contributed by atoms with Gasteiger partial charge in [-0.3, -0.25) is 4.79 Å². The molecule has 148 valence electrons. The van der Waals surface area contributed by atoms with Gasteiger partial charge >= 0.3 is 12.1 Å². The second kappa shape index (κ2) is 7.08. The molecule has 0 radical (unpaired) electrons. The van der Waals surface area contributed by atoms with Crippen molar-refractivity contribution in [1.29, 1.82) is 0 Å². The summed E-state index contributed by atoms with van der Waals surface area (Å²) in [6, 6.07) is 15.3. The number of carbonyl (C=O) groups is 1. The maximum absolute atomic E-state index is 12.9. The van der Waals surface area contributed by atoms with E-state index in [0.717, 1.165) is 10.8 Å². The highest BCUT2D eigenvalue weighted by molar-refractivity contribution is 6.35. The van der Waals surface area contributed by atoms with Crippen LogP contribution in [0.3, 0.4) is 0 Å². The number of anilines is 1. The Morgan fingerprint density at radius 2 is 1.83 bits per heavy atom. The Balaban J connectivity index is 1.81. The van der Waals surface area contributed by atoms with Crippen LogP contribution in [-0.4, -0.2) is 23.6 Å². The second-order valence-corrected chi connectivity index (χ2v) is 6.77. The van der Waals surface area contributed by atoms with E-state index in [4.69, 9.17) is 16.0 Å². The molecular weight excluding hydrogens is 405 g/mol. The van der Waals surface area contributed by atoms with Crippen molar-refractivity contribution in [1.82, 2.24) is 4.98 Å². The van der Waals surface area contributed by atoms with Gasteiger partial charge in [0.2, 0.25) is 5.89 Å². The quantitative estimate of drug-likeness (QED) is 0.397. The second-order valence-electron chi connectivity index (χ2n) is 6.36. The van der Waals surface area contributed by atoms with Gasteiger partial charge < -0.3 is 9.32 Å². The van der Waals surface area contributed by atoms with Gasteiger partial charge in [0.15, 0.2) is 5.58 Å². The molecule has 0 aliphatic carbocycles. The maximum atomic E-state index is 12.9. The fourth-order valence-electron chi connectivity index (χ4n) is 3.25. The number of nitrogens with zero attached hydrogens (tertiary/aromatic N) is 2. The zero-order valence-corrected chi connectivity index (χ0v) is 15.9. The topological polar surface area (TPSA) is 46.3 Å². The van der Waals surface area contributed by atoms with E-state index in [1.54, 1.807) is 6.07 Å². The first kappa shape index (κ1) is 19.3. The zero-order chi connectivity index (χ0) is 20.8. The molecule has 0 atom stereocenters. The molecule has 0 saturated heterocycles. The van der Waals surface area contributed by atoms with Crippen molar-refractivity contribution in [3.05, 3.63) is 59.6 Å². The lowest BCUT2D eigenvalue weighted by molar-refractivity contribution is -0.170. The van der Waals surface area contributed by atoms with Crippen LogP contribution in [0.2, 0.25) is 5.02 Å². The van der Waals surface area contributed by atoms with E-state index < -0.39 is 12.1 Å². The number of oxazole rings is 1. The number of amides is 1. The number of carbonyl (C=O) groups excluding carboxylic acids is 1. The van der Waals surface area contributed by atoms with E-state index in [1.165, 1.54) is 25.1 Å². The molecule has 4 nitrogen and oxygen atoms in total. The standard InChI is InChI=1S/C21H14ClF3N2O2/c1-2-27(20(28)21(23,24)25)12-9-10-18-17(11-12)26-19(29-18)15-7-3-6-14-13(15)5-4-8-16(14)22/h3-11H,2H2,1H3. The first-order valence-corrected chi connectivity index (χ1v) is 9.14. The van der Waals surface area contributed by atoms with Gasteiger partial charge in [0.05, 0.1) is 0 Å². The number of rotatable bonds is 3. The first-order chi connectivity index (χ1) is 13.8. The van der Waals surface area contributed by atoms with E-state index in [0.29, 0.717) is 32.5 Å². The molecule has 1 amide bonds. The summed E-state index contributed by atoms with van der Waals surface area (Å²) < 4.78 is 44.4. The zero-order valence-electron chi connectivity index (χ0n) is 15.1. The van der Waals surface area contributed by atoms with E-state index in [2.05, 4.69) is 4.98 Å². The minimum absolute atomic E-state index is 0.100. The van der Waals surface area contributed by atoms with Crippen LogP contribution in [-0.2, 0) is 4.79 Å². The number of fused-ring (bicyclic) bond motifs is 2. The Bertz CT molecular complexity index is 1230. The average molecular weight is 419 g/mol. The molecule has 4 aromatic rings. The molecule has 0 N–H and O–H groups in total. The normalized spacial score (nSPS) is 11.9. The van der Waals surface area contributed by atoms with Crippen molar-refractivity contribution in [2.24, 2.45) is 0 Å². The number of hydrogen-bond acceptors (Lipinski definition) is 3. The van der Waals surface area contributed by atoms with Crippen molar-refractivity contribution in [2.45, 2.75) is 13.1 Å². The van der Waals surface area contributed by atoms with Gasteiger partial charge in [0.1, 0.15) is 5.52 Å². The van der Waals surface area contributed by atoms with Crippen LogP contribution >= 0.6 is 11.6 Å². The molecular formula is C21H14ClF3N2O2. The number of hydrogen-bond donors (Lipinski definition) is 0. The minimum Gasteiger partial charge on any atom is -0.436 e. The molecule has 0 spiro atoms. The van der Waals surface area contributed by atoms with Crippen molar-refractivity contribution < 1.29 is 22.4 Å². The van der Waals surface area contributed by atoms with E-state index in [-0.39, 0.29) is 12.2 Å². The molecule has 1 heterocycles. The fraction of sp³-hybridized carbons (Fsp3) is 0.143. The van der Waals surface area contributed by atoms with Crippen LogP contribution in [0.5, 0.6) is 0 Å². The number of aromatic nitrogens is 1. The van der Waals surface area contributed by atoms with Crippen LogP contribution in [0.25, 0.3) is 33.3 Å². The molecule has 4 rings (SSSR count). The Kier molecular flexibility index (Phi) is 4.70. The minimum atomic E-state index is -4.96. The summed E-state index contributed by atoms with van der Waals surface area (Å²) in [5.41, 5.74) is 1.56. The predicted octanol–water partition coefficient (Wildman–Crippen LogP) is 6.22. The summed E-state index contributed by atoms with van der Waals surface area (Å²) >= 11 is 6.25. The third-order valence-electron chi connectivity index (χ3n) is 4.59. The van der Waals surface area contributed by atoms with Gasteiger partial charge in [-0.15, -0.1) is 0 Å². The van der Waals surface area contributed by atoms with Crippen LogP contribution in [0, 0.1) is 0 Å². The summed E-state index contributed by atoms with van der Waals surface area (Å²) in [4.78, 5) is 16.8. The first-order valence-electron chi connectivity index (χ1n) is 8.76. The van der Waals surface area contributed by atoms with Crippen molar-refractivity contribution in [3.8, 4) is 11.5 Å². The summed E-state index contributed by atoms with van der Waals surface area (Å²) in [7, 11) is 0. The number of alkyl halides is 3. The molecule has 0 saturated carbocycles. The maximum Gasteiger partial charge on any atom is 0.471 e.